The van der Waals surface area contributed by atoms with Crippen molar-refractivity contribution in [3.63, 3.8) is 0 Å². The summed E-state index contributed by atoms with van der Waals surface area (Å²) in [6.45, 7) is 3.82. The van der Waals surface area contributed by atoms with Crippen molar-refractivity contribution in [2.24, 2.45) is 0 Å². The monoisotopic (exact) mass is 1210 g/mol. The zero-order valence-corrected chi connectivity index (χ0v) is 57.1. The van der Waals surface area contributed by atoms with Crippen molar-refractivity contribution < 1.29 is 39.8 Å². The van der Waals surface area contributed by atoms with Crippen LogP contribution < -0.4 is 5.32 Å². The van der Waals surface area contributed by atoms with Gasteiger partial charge in [-0.15, -0.1) is 0 Å². The molecule has 1 heterocycles. The van der Waals surface area contributed by atoms with E-state index in [1.807, 2.05) is 6.08 Å². The maximum absolute atomic E-state index is 13.1. The van der Waals surface area contributed by atoms with Crippen molar-refractivity contribution in [1.29, 1.82) is 0 Å². The molecule has 1 rings (SSSR count). The Labute approximate surface area is 533 Å². The molecule has 0 aromatic heterocycles. The quantitative estimate of drug-likeness (QED) is 0.0261. The van der Waals surface area contributed by atoms with Crippen LogP contribution in [0, 0.1) is 0 Å². The molecule has 9 heteroatoms. The molecule has 1 fully saturated rings. The fraction of sp³-hybridized carbons (Fsp3) is 0.909. The van der Waals surface area contributed by atoms with Gasteiger partial charge < -0.3 is 40.3 Å². The molecule has 0 bridgehead atoms. The van der Waals surface area contributed by atoms with Crippen molar-refractivity contribution in [2.45, 2.75) is 436 Å². The third-order valence-electron chi connectivity index (χ3n) is 18.4. The zero-order chi connectivity index (χ0) is 62.1. The topological polar surface area (TPSA) is 149 Å². The molecule has 0 aliphatic carbocycles. The second-order valence-corrected chi connectivity index (χ2v) is 26.8. The molecule has 9 nitrogen and oxygen atoms in total. The van der Waals surface area contributed by atoms with Crippen molar-refractivity contribution in [3.05, 3.63) is 36.5 Å². The maximum atomic E-state index is 13.1. The number of rotatable bonds is 68. The standard InChI is InChI=1S/C77H147NO8/c1-3-5-7-9-11-13-15-17-19-21-23-25-27-29-31-32-33-34-35-36-37-38-39-40-41-43-45-47-49-51-53-55-57-59-61-63-65-67-73(81)78-70(69-85-77-76(84)75(83)74(82)72(68-79)86-77)71(80)66-64-62-60-58-56-54-52-50-48-46-44-42-30-28-26-24-22-20-18-16-14-12-10-8-6-4-2/h48,50,56,58,64,66,70-72,74-77,79-80,82-84H,3-47,49,51-55,57,59-63,65,67-69H2,1-2H3,(H,78,81)/b50-48+,58-56+,66-64+. The van der Waals surface area contributed by atoms with E-state index in [9.17, 15) is 30.3 Å². The Morgan fingerprint density at radius 2 is 0.663 bits per heavy atom. The Balaban J connectivity index is 2.08. The van der Waals surface area contributed by atoms with Crippen LogP contribution in [0.15, 0.2) is 36.5 Å². The number of aliphatic hydroxyl groups is 5. The number of unbranched alkanes of at least 4 members (excludes halogenated alkanes) is 54. The number of hydrogen-bond acceptors (Lipinski definition) is 8. The van der Waals surface area contributed by atoms with Gasteiger partial charge in [0, 0.05) is 6.42 Å². The molecule has 0 radical (unpaired) electrons. The Bertz CT molecular complexity index is 1450. The van der Waals surface area contributed by atoms with Gasteiger partial charge in [0.1, 0.15) is 24.4 Å². The highest BCUT2D eigenvalue weighted by Crippen LogP contribution is 2.24. The Morgan fingerprint density at radius 3 is 0.977 bits per heavy atom. The highest BCUT2D eigenvalue weighted by Gasteiger charge is 2.44. The normalized spacial score (nSPS) is 18.2. The number of ether oxygens (including phenoxy) is 2. The summed E-state index contributed by atoms with van der Waals surface area (Å²) < 4.78 is 11.3. The van der Waals surface area contributed by atoms with Gasteiger partial charge in [-0.1, -0.05) is 378 Å². The Morgan fingerprint density at radius 1 is 0.384 bits per heavy atom. The van der Waals surface area contributed by atoms with E-state index in [-0.39, 0.29) is 12.5 Å². The van der Waals surface area contributed by atoms with Gasteiger partial charge in [-0.05, 0) is 44.9 Å². The number of aliphatic hydroxyl groups excluding tert-OH is 5. The van der Waals surface area contributed by atoms with Gasteiger partial charge in [-0.25, -0.2) is 0 Å². The number of allylic oxidation sites excluding steroid dienone is 5. The zero-order valence-electron chi connectivity index (χ0n) is 57.1. The molecule has 0 aromatic rings. The van der Waals surface area contributed by atoms with E-state index in [0.29, 0.717) is 6.42 Å². The van der Waals surface area contributed by atoms with E-state index in [1.54, 1.807) is 6.08 Å². The highest BCUT2D eigenvalue weighted by molar-refractivity contribution is 5.76. The average Bonchev–Trinajstić information content (AvgIpc) is 2.59. The number of hydrogen-bond donors (Lipinski definition) is 6. The number of amides is 1. The molecule has 508 valence electrons. The minimum absolute atomic E-state index is 0.182. The lowest BCUT2D eigenvalue weighted by molar-refractivity contribution is -0.302. The first-order chi connectivity index (χ1) is 42.3. The smallest absolute Gasteiger partial charge is 0.220 e. The third-order valence-corrected chi connectivity index (χ3v) is 18.4. The molecule has 86 heavy (non-hydrogen) atoms. The molecule has 6 N–H and O–H groups in total. The van der Waals surface area contributed by atoms with Crippen LogP contribution in [0.2, 0.25) is 0 Å². The van der Waals surface area contributed by atoms with Crippen LogP contribution in [0.25, 0.3) is 0 Å². The molecular formula is C77H147NO8. The average molecular weight is 1220 g/mol. The van der Waals surface area contributed by atoms with E-state index in [4.69, 9.17) is 9.47 Å². The van der Waals surface area contributed by atoms with Crippen LogP contribution in [0.5, 0.6) is 0 Å². The van der Waals surface area contributed by atoms with E-state index >= 15 is 0 Å². The third kappa shape index (κ3) is 54.2. The number of nitrogens with one attached hydrogen (secondary N) is 1. The lowest BCUT2D eigenvalue weighted by Crippen LogP contribution is -2.60. The number of carbonyl (C=O) groups is 1. The van der Waals surface area contributed by atoms with Crippen LogP contribution in [0.4, 0.5) is 0 Å². The summed E-state index contributed by atoms with van der Waals surface area (Å²) in [4.78, 5) is 13.1. The van der Waals surface area contributed by atoms with Crippen molar-refractivity contribution in [2.75, 3.05) is 13.2 Å². The van der Waals surface area contributed by atoms with Gasteiger partial charge in [0.25, 0.3) is 0 Å². The van der Waals surface area contributed by atoms with Gasteiger partial charge in [-0.2, -0.15) is 0 Å². The molecule has 0 spiro atoms. The summed E-state index contributed by atoms with van der Waals surface area (Å²) in [7, 11) is 0. The summed E-state index contributed by atoms with van der Waals surface area (Å²) in [5.74, 6) is -0.182. The molecule has 1 amide bonds. The summed E-state index contributed by atoms with van der Waals surface area (Å²) in [6, 6.07) is -0.828. The van der Waals surface area contributed by atoms with E-state index < -0.39 is 49.5 Å². The first-order valence-corrected chi connectivity index (χ1v) is 38.2. The second kappa shape index (κ2) is 66.3. The van der Waals surface area contributed by atoms with Crippen LogP contribution in [-0.2, 0) is 14.3 Å². The molecule has 7 atom stereocenters. The van der Waals surface area contributed by atoms with E-state index in [1.165, 1.54) is 327 Å². The van der Waals surface area contributed by atoms with Gasteiger partial charge in [-0.3, -0.25) is 4.79 Å². The molecule has 7 unspecified atom stereocenters. The molecule has 1 saturated heterocycles. The fourth-order valence-corrected chi connectivity index (χ4v) is 12.5. The van der Waals surface area contributed by atoms with Gasteiger partial charge in [0.2, 0.25) is 5.91 Å². The predicted octanol–water partition coefficient (Wildman–Crippen LogP) is 21.4. The highest BCUT2D eigenvalue weighted by atomic mass is 16.7. The predicted molar refractivity (Wildman–Crippen MR) is 369 cm³/mol. The summed E-state index contributed by atoms with van der Waals surface area (Å²) in [6.07, 6.45) is 82.9. The lowest BCUT2D eigenvalue weighted by atomic mass is 9.99. The van der Waals surface area contributed by atoms with Crippen LogP contribution >= 0.6 is 0 Å². The van der Waals surface area contributed by atoms with Gasteiger partial charge >= 0.3 is 0 Å². The van der Waals surface area contributed by atoms with Crippen LogP contribution in [0.3, 0.4) is 0 Å². The Kier molecular flexibility index (Phi) is 63.6. The molecule has 1 aliphatic rings. The first kappa shape index (κ1) is 82.4. The van der Waals surface area contributed by atoms with Crippen molar-refractivity contribution in [1.82, 2.24) is 5.32 Å². The maximum Gasteiger partial charge on any atom is 0.220 e. The minimum atomic E-state index is -1.58. The van der Waals surface area contributed by atoms with E-state index in [0.717, 1.165) is 44.9 Å². The number of carbonyl (C=O) groups excluding carboxylic acids is 1. The van der Waals surface area contributed by atoms with Crippen LogP contribution in [-0.4, -0.2) is 87.5 Å². The van der Waals surface area contributed by atoms with Crippen molar-refractivity contribution >= 4 is 5.91 Å². The Hall–Kier alpha value is -1.59. The molecule has 1 aliphatic heterocycles. The largest absolute Gasteiger partial charge is 0.394 e. The summed E-state index contributed by atoms with van der Waals surface area (Å²) in [5, 5.41) is 54.8. The lowest BCUT2D eigenvalue weighted by Gasteiger charge is -2.40. The molecular weight excluding hydrogens is 1070 g/mol. The first-order valence-electron chi connectivity index (χ1n) is 38.2. The van der Waals surface area contributed by atoms with E-state index in [2.05, 4.69) is 43.5 Å². The fourth-order valence-electron chi connectivity index (χ4n) is 12.5. The van der Waals surface area contributed by atoms with Gasteiger partial charge in [0.15, 0.2) is 6.29 Å². The minimum Gasteiger partial charge on any atom is -0.394 e. The van der Waals surface area contributed by atoms with Gasteiger partial charge in [0.05, 0.1) is 25.4 Å². The van der Waals surface area contributed by atoms with Crippen molar-refractivity contribution in [3.8, 4) is 0 Å². The second-order valence-electron chi connectivity index (χ2n) is 26.8. The molecule has 0 saturated carbocycles. The molecule has 0 aromatic carbocycles. The summed E-state index contributed by atoms with van der Waals surface area (Å²) >= 11 is 0. The van der Waals surface area contributed by atoms with Crippen LogP contribution in [0.1, 0.15) is 393 Å². The summed E-state index contributed by atoms with van der Waals surface area (Å²) in [5.41, 5.74) is 0. The SMILES string of the molecule is CCCCCCCCCCCCCCCCCC/C=C/CC/C=C/CC/C=C/C(O)C(COC1OC(CO)C(O)C(O)C1O)NC(=O)CCCCCCCCCCCCCCCCCCCCCCCCCCCCCCCCCCCCCCC.